The minimum absolute atomic E-state index is 0.163. The van der Waals surface area contributed by atoms with Gasteiger partial charge in [0.2, 0.25) is 0 Å². The predicted molar refractivity (Wildman–Crippen MR) is 60.9 cm³/mol. The van der Waals surface area contributed by atoms with E-state index in [2.05, 4.69) is 4.98 Å². The molecule has 0 bridgehead atoms. The van der Waals surface area contributed by atoms with Crippen LogP contribution in [0, 0.1) is 12.9 Å². The maximum absolute atomic E-state index is 13.4. The van der Waals surface area contributed by atoms with Crippen molar-refractivity contribution in [2.45, 2.75) is 6.92 Å². The molecule has 2 aromatic rings. The van der Waals surface area contributed by atoms with Crippen molar-refractivity contribution in [1.29, 1.82) is 0 Å². The van der Waals surface area contributed by atoms with Gasteiger partial charge in [0.15, 0.2) is 5.75 Å². The molecule has 0 atom stereocenters. The summed E-state index contributed by atoms with van der Waals surface area (Å²) >= 11 is 0. The van der Waals surface area contributed by atoms with Crippen LogP contribution in [0.25, 0.3) is 11.3 Å². The number of nitrogens with zero attached hydrogens (tertiary/aromatic N) is 1. The molecule has 0 radical (unpaired) electrons. The van der Waals surface area contributed by atoms with Crippen LogP contribution in [-0.4, -0.2) is 12.1 Å². The van der Waals surface area contributed by atoms with E-state index >= 15 is 0 Å². The predicted octanol–water partition coefficient (Wildman–Crippen LogP) is 3.20. The van der Waals surface area contributed by atoms with Crippen LogP contribution < -0.4 is 4.74 Å². The molecular formula is C13H12FNO. The van der Waals surface area contributed by atoms with Gasteiger partial charge in [-0.25, -0.2) is 4.98 Å². The zero-order valence-electron chi connectivity index (χ0n) is 9.20. The van der Waals surface area contributed by atoms with E-state index in [1.807, 2.05) is 31.2 Å². The van der Waals surface area contributed by atoms with Gasteiger partial charge in [0.25, 0.3) is 5.95 Å². The number of hydrogen-bond acceptors (Lipinski definition) is 2. The lowest BCUT2D eigenvalue weighted by molar-refractivity contribution is 0.378. The van der Waals surface area contributed by atoms with E-state index in [1.54, 1.807) is 12.1 Å². The van der Waals surface area contributed by atoms with Crippen LogP contribution in [0.4, 0.5) is 4.39 Å². The largest absolute Gasteiger partial charge is 0.492 e. The fraction of sp³-hybridized carbons (Fsp3) is 0.154. The fourth-order valence-electron chi connectivity index (χ4n) is 1.46. The summed E-state index contributed by atoms with van der Waals surface area (Å²) < 4.78 is 18.2. The highest BCUT2D eigenvalue weighted by Crippen LogP contribution is 2.22. The third kappa shape index (κ3) is 2.03. The molecule has 0 aliphatic carbocycles. The molecule has 1 aromatic heterocycles. The van der Waals surface area contributed by atoms with Gasteiger partial charge >= 0.3 is 0 Å². The molecule has 0 saturated carbocycles. The van der Waals surface area contributed by atoms with Crippen molar-refractivity contribution in [3.8, 4) is 17.0 Å². The van der Waals surface area contributed by atoms with Crippen LogP contribution >= 0.6 is 0 Å². The normalized spacial score (nSPS) is 10.2. The van der Waals surface area contributed by atoms with Crippen LogP contribution in [0.2, 0.25) is 0 Å². The lowest BCUT2D eigenvalue weighted by atomic mass is 10.1. The van der Waals surface area contributed by atoms with E-state index in [1.165, 1.54) is 7.11 Å². The Labute approximate surface area is 93.7 Å². The maximum atomic E-state index is 13.4. The Bertz CT molecular complexity index is 494. The smallest absolute Gasteiger partial charge is 0.255 e. The average molecular weight is 217 g/mol. The second-order valence-corrected chi connectivity index (χ2v) is 3.56. The van der Waals surface area contributed by atoms with Gasteiger partial charge in [-0.05, 0) is 19.1 Å². The van der Waals surface area contributed by atoms with E-state index in [0.717, 1.165) is 11.1 Å². The number of rotatable bonds is 2. The summed E-state index contributed by atoms with van der Waals surface area (Å²) in [5, 5.41) is 0. The van der Waals surface area contributed by atoms with Crippen molar-refractivity contribution in [3.05, 3.63) is 47.9 Å². The van der Waals surface area contributed by atoms with Gasteiger partial charge in [-0.15, -0.1) is 0 Å². The monoisotopic (exact) mass is 217 g/mol. The van der Waals surface area contributed by atoms with Gasteiger partial charge in [-0.1, -0.05) is 29.8 Å². The number of aryl methyl sites for hydroxylation is 1. The first-order valence-corrected chi connectivity index (χ1v) is 4.98. The average Bonchev–Trinajstić information content (AvgIpc) is 2.30. The zero-order valence-corrected chi connectivity index (χ0v) is 9.20. The van der Waals surface area contributed by atoms with Crippen LogP contribution in [0.3, 0.4) is 0 Å². The summed E-state index contributed by atoms with van der Waals surface area (Å²) in [6, 6.07) is 11.1. The second-order valence-electron chi connectivity index (χ2n) is 3.56. The molecule has 1 heterocycles. The molecule has 0 N–H and O–H groups in total. The fourth-order valence-corrected chi connectivity index (χ4v) is 1.46. The molecule has 0 aliphatic heterocycles. The third-order valence-electron chi connectivity index (χ3n) is 2.38. The second kappa shape index (κ2) is 4.31. The van der Waals surface area contributed by atoms with Gasteiger partial charge in [-0.3, -0.25) is 0 Å². The molecule has 0 aliphatic rings. The van der Waals surface area contributed by atoms with Crippen molar-refractivity contribution >= 4 is 0 Å². The zero-order chi connectivity index (χ0) is 11.5. The number of halogens is 1. The van der Waals surface area contributed by atoms with E-state index in [4.69, 9.17) is 4.74 Å². The number of benzene rings is 1. The molecule has 0 amide bonds. The SMILES string of the molecule is COc1ccc(-c2ccc(C)cc2)nc1F. The molecule has 0 unspecified atom stereocenters. The van der Waals surface area contributed by atoms with Crippen molar-refractivity contribution < 1.29 is 9.13 Å². The highest BCUT2D eigenvalue weighted by molar-refractivity contribution is 5.59. The van der Waals surface area contributed by atoms with Crippen molar-refractivity contribution in [2.75, 3.05) is 7.11 Å². The topological polar surface area (TPSA) is 22.1 Å². The Morgan fingerprint density at radius 2 is 1.75 bits per heavy atom. The van der Waals surface area contributed by atoms with E-state index in [0.29, 0.717) is 5.69 Å². The first-order chi connectivity index (χ1) is 7.70. The molecule has 0 fully saturated rings. The summed E-state index contributed by atoms with van der Waals surface area (Å²) in [6.07, 6.45) is 0. The Kier molecular flexibility index (Phi) is 2.86. The first-order valence-electron chi connectivity index (χ1n) is 4.98. The van der Waals surface area contributed by atoms with E-state index < -0.39 is 5.95 Å². The molecule has 1 aromatic carbocycles. The molecule has 82 valence electrons. The molecule has 2 nitrogen and oxygen atoms in total. The molecule has 16 heavy (non-hydrogen) atoms. The number of methoxy groups -OCH3 is 1. The van der Waals surface area contributed by atoms with Gasteiger partial charge < -0.3 is 4.74 Å². The third-order valence-corrected chi connectivity index (χ3v) is 2.38. The van der Waals surface area contributed by atoms with Crippen LogP contribution in [0.5, 0.6) is 5.75 Å². The summed E-state index contributed by atoms with van der Waals surface area (Å²) in [6.45, 7) is 2.01. The van der Waals surface area contributed by atoms with Crippen LogP contribution in [0.15, 0.2) is 36.4 Å². The van der Waals surface area contributed by atoms with Crippen molar-refractivity contribution in [1.82, 2.24) is 4.98 Å². The number of pyridine rings is 1. The lowest BCUT2D eigenvalue weighted by Gasteiger charge is -2.04. The van der Waals surface area contributed by atoms with Gasteiger partial charge in [0.1, 0.15) is 0 Å². The minimum atomic E-state index is -0.583. The molecule has 0 spiro atoms. The minimum Gasteiger partial charge on any atom is -0.492 e. The summed E-state index contributed by atoms with van der Waals surface area (Å²) in [5.74, 6) is -0.420. The van der Waals surface area contributed by atoms with Crippen LogP contribution in [0.1, 0.15) is 5.56 Å². The van der Waals surface area contributed by atoms with Gasteiger partial charge in [0, 0.05) is 5.56 Å². The standard InChI is InChI=1S/C13H12FNO/c1-9-3-5-10(6-4-9)11-7-8-12(16-2)13(14)15-11/h3-8H,1-2H3. The summed E-state index contributed by atoms with van der Waals surface area (Å²) in [5.41, 5.74) is 2.67. The molecule has 2 rings (SSSR count). The van der Waals surface area contributed by atoms with E-state index in [-0.39, 0.29) is 5.75 Å². The summed E-state index contributed by atoms with van der Waals surface area (Å²) in [7, 11) is 1.42. The highest BCUT2D eigenvalue weighted by atomic mass is 19.1. The molecule has 0 saturated heterocycles. The van der Waals surface area contributed by atoms with Crippen molar-refractivity contribution in [3.63, 3.8) is 0 Å². The summed E-state index contributed by atoms with van der Waals surface area (Å²) in [4.78, 5) is 3.85. The maximum Gasteiger partial charge on any atom is 0.255 e. The number of hydrogen-bond donors (Lipinski definition) is 0. The quantitative estimate of drug-likeness (QED) is 0.720. The van der Waals surface area contributed by atoms with Gasteiger partial charge in [0.05, 0.1) is 12.8 Å². The van der Waals surface area contributed by atoms with Gasteiger partial charge in [-0.2, -0.15) is 4.39 Å². The Balaban J connectivity index is 2.41. The Morgan fingerprint density at radius 3 is 2.31 bits per heavy atom. The van der Waals surface area contributed by atoms with E-state index in [9.17, 15) is 4.39 Å². The molecular weight excluding hydrogens is 205 g/mol. The number of aromatic nitrogens is 1. The highest BCUT2D eigenvalue weighted by Gasteiger charge is 2.06. The first kappa shape index (κ1) is 10.6. The van der Waals surface area contributed by atoms with Crippen molar-refractivity contribution in [2.24, 2.45) is 0 Å². The Morgan fingerprint density at radius 1 is 1.06 bits per heavy atom. The lowest BCUT2D eigenvalue weighted by Crippen LogP contribution is -1.93. The van der Waals surface area contributed by atoms with Crippen LogP contribution in [-0.2, 0) is 0 Å². The molecule has 3 heteroatoms. The Hall–Kier alpha value is -1.90. The number of ether oxygens (including phenoxy) is 1.